The molecule has 0 radical (unpaired) electrons. The summed E-state index contributed by atoms with van der Waals surface area (Å²) in [6.45, 7) is 3.62. The number of benzene rings is 1. The lowest BCUT2D eigenvalue weighted by molar-refractivity contribution is -0.118. The Kier molecular flexibility index (Phi) is 4.99. The summed E-state index contributed by atoms with van der Waals surface area (Å²) in [7, 11) is 1.50. The predicted molar refractivity (Wildman–Crippen MR) is 70.8 cm³/mol. The number of amides is 1. The molecule has 0 bridgehead atoms. The first kappa shape index (κ1) is 14.3. The first-order valence-electron chi connectivity index (χ1n) is 5.58. The van der Waals surface area contributed by atoms with Gasteiger partial charge in [-0.15, -0.1) is 0 Å². The van der Waals surface area contributed by atoms with E-state index in [1.807, 2.05) is 13.0 Å². The summed E-state index contributed by atoms with van der Waals surface area (Å²) >= 11 is 5.97. The van der Waals surface area contributed by atoms with Crippen molar-refractivity contribution in [2.24, 2.45) is 5.92 Å². The highest BCUT2D eigenvalue weighted by molar-refractivity contribution is 6.31. The maximum atomic E-state index is 11.8. The predicted octanol–water partition coefficient (Wildman–Crippen LogP) is 3.15. The smallest absolute Gasteiger partial charge is 0.241 e. The van der Waals surface area contributed by atoms with Crippen LogP contribution in [0.15, 0.2) is 12.1 Å². The summed E-state index contributed by atoms with van der Waals surface area (Å²) in [6.07, 6.45) is 0.469. The monoisotopic (exact) mass is 266 g/mol. The maximum Gasteiger partial charge on any atom is 0.241 e. The molecule has 1 amide bonds. The molecule has 18 heavy (non-hydrogen) atoms. The minimum atomic E-state index is -0.661. The Morgan fingerprint density at radius 3 is 2.78 bits per heavy atom. The van der Waals surface area contributed by atoms with Crippen LogP contribution in [0, 0.1) is 24.2 Å². The molecule has 0 saturated heterocycles. The fourth-order valence-corrected chi connectivity index (χ4v) is 1.64. The summed E-state index contributed by atoms with van der Waals surface area (Å²) in [5, 5.41) is 12.1. The molecule has 1 unspecified atom stereocenters. The van der Waals surface area contributed by atoms with Crippen LogP contribution in [0.4, 0.5) is 5.69 Å². The van der Waals surface area contributed by atoms with Crippen LogP contribution in [-0.4, -0.2) is 13.0 Å². The number of nitriles is 1. The number of nitrogens with one attached hydrogen (secondary N) is 1. The van der Waals surface area contributed by atoms with Crippen LogP contribution in [-0.2, 0) is 4.79 Å². The minimum Gasteiger partial charge on any atom is -0.495 e. The van der Waals surface area contributed by atoms with E-state index in [0.717, 1.165) is 5.56 Å². The van der Waals surface area contributed by atoms with Crippen LogP contribution in [0.3, 0.4) is 0 Å². The summed E-state index contributed by atoms with van der Waals surface area (Å²) in [4.78, 5) is 11.8. The second kappa shape index (κ2) is 6.27. The molecule has 1 rings (SSSR count). The van der Waals surface area contributed by atoms with Gasteiger partial charge in [-0.2, -0.15) is 5.26 Å². The van der Waals surface area contributed by atoms with Crippen molar-refractivity contribution in [1.82, 2.24) is 0 Å². The first-order chi connectivity index (χ1) is 8.53. The molecule has 0 fully saturated rings. The van der Waals surface area contributed by atoms with E-state index in [9.17, 15) is 4.79 Å². The van der Waals surface area contributed by atoms with Gasteiger partial charge in [-0.25, -0.2) is 0 Å². The fourth-order valence-electron chi connectivity index (χ4n) is 1.48. The van der Waals surface area contributed by atoms with Gasteiger partial charge >= 0.3 is 0 Å². The maximum absolute atomic E-state index is 11.8. The Morgan fingerprint density at radius 1 is 1.61 bits per heavy atom. The molecule has 0 saturated carbocycles. The fraction of sp³-hybridized carbons (Fsp3) is 0.385. The molecule has 1 atom stereocenters. The van der Waals surface area contributed by atoms with Gasteiger partial charge in [-0.3, -0.25) is 4.79 Å². The molecule has 1 N–H and O–H groups in total. The Morgan fingerprint density at radius 2 is 2.28 bits per heavy atom. The van der Waals surface area contributed by atoms with Gasteiger partial charge in [0.25, 0.3) is 0 Å². The number of halogens is 1. The average molecular weight is 267 g/mol. The Labute approximate surface area is 112 Å². The molecule has 0 aromatic heterocycles. The van der Waals surface area contributed by atoms with Crippen molar-refractivity contribution in [2.45, 2.75) is 20.3 Å². The molecular weight excluding hydrogens is 252 g/mol. The van der Waals surface area contributed by atoms with Gasteiger partial charge in [0.1, 0.15) is 11.7 Å². The largest absolute Gasteiger partial charge is 0.495 e. The highest BCUT2D eigenvalue weighted by Crippen LogP contribution is 2.31. The number of aryl methyl sites for hydroxylation is 1. The Hall–Kier alpha value is -1.73. The Bertz CT molecular complexity index is 494. The lowest BCUT2D eigenvalue weighted by atomic mass is 10.1. The van der Waals surface area contributed by atoms with Crippen LogP contribution in [0.1, 0.15) is 18.9 Å². The zero-order valence-corrected chi connectivity index (χ0v) is 11.3. The van der Waals surface area contributed by atoms with E-state index >= 15 is 0 Å². The van der Waals surface area contributed by atoms with Crippen molar-refractivity contribution in [3.63, 3.8) is 0 Å². The second-order valence-corrected chi connectivity index (χ2v) is 4.29. The highest BCUT2D eigenvalue weighted by Gasteiger charge is 2.17. The molecule has 0 heterocycles. The third-order valence-electron chi connectivity index (χ3n) is 2.62. The number of carbonyl (C=O) groups excluding carboxylic acids is 1. The third-order valence-corrected chi connectivity index (χ3v) is 3.03. The van der Waals surface area contributed by atoms with Crippen molar-refractivity contribution in [3.05, 3.63) is 22.7 Å². The quantitative estimate of drug-likeness (QED) is 0.911. The molecule has 0 aliphatic heterocycles. The number of rotatable bonds is 4. The van der Waals surface area contributed by atoms with Crippen LogP contribution in [0.5, 0.6) is 5.75 Å². The highest BCUT2D eigenvalue weighted by atomic mass is 35.5. The lowest BCUT2D eigenvalue weighted by Crippen LogP contribution is -2.21. The standard InChI is InChI=1S/C13H15ClN2O2/c1-4-9(7-15)13(17)16-11-5-8(2)10(14)6-12(11)18-3/h5-6,9H,4H2,1-3H3,(H,16,17). The molecule has 1 aromatic carbocycles. The molecule has 96 valence electrons. The van der Waals surface area contributed by atoms with Crippen molar-refractivity contribution < 1.29 is 9.53 Å². The number of anilines is 1. The number of nitrogens with zero attached hydrogens (tertiary/aromatic N) is 1. The summed E-state index contributed by atoms with van der Waals surface area (Å²) in [5.74, 6) is -0.516. The lowest BCUT2D eigenvalue weighted by Gasteiger charge is -2.13. The van der Waals surface area contributed by atoms with Crippen LogP contribution in [0.2, 0.25) is 5.02 Å². The van der Waals surface area contributed by atoms with Gasteiger partial charge in [0, 0.05) is 11.1 Å². The normalized spacial score (nSPS) is 11.5. The van der Waals surface area contributed by atoms with Crippen molar-refractivity contribution in [1.29, 1.82) is 5.26 Å². The SMILES string of the molecule is CCC(C#N)C(=O)Nc1cc(C)c(Cl)cc1OC. The minimum absolute atomic E-state index is 0.333. The Balaban J connectivity index is 3.01. The molecule has 0 aliphatic rings. The van der Waals surface area contributed by atoms with Gasteiger partial charge < -0.3 is 10.1 Å². The molecule has 0 spiro atoms. The first-order valence-corrected chi connectivity index (χ1v) is 5.95. The van der Waals surface area contributed by atoms with Crippen molar-refractivity contribution in [2.75, 3.05) is 12.4 Å². The average Bonchev–Trinajstić information content (AvgIpc) is 2.35. The zero-order valence-electron chi connectivity index (χ0n) is 10.6. The van der Waals surface area contributed by atoms with Gasteiger partial charge in [0.2, 0.25) is 5.91 Å². The second-order valence-electron chi connectivity index (χ2n) is 3.88. The number of carbonyl (C=O) groups is 1. The van der Waals surface area contributed by atoms with E-state index in [0.29, 0.717) is 22.9 Å². The van der Waals surface area contributed by atoms with Gasteiger partial charge in [-0.1, -0.05) is 18.5 Å². The number of hydrogen-bond acceptors (Lipinski definition) is 3. The molecule has 5 heteroatoms. The third kappa shape index (κ3) is 3.14. The van der Waals surface area contributed by atoms with Gasteiger partial charge in [0.15, 0.2) is 0 Å². The van der Waals surface area contributed by atoms with E-state index in [4.69, 9.17) is 21.6 Å². The van der Waals surface area contributed by atoms with Crippen molar-refractivity contribution >= 4 is 23.2 Å². The number of methoxy groups -OCH3 is 1. The van der Waals surface area contributed by atoms with E-state index in [-0.39, 0.29) is 5.91 Å². The van der Waals surface area contributed by atoms with Crippen LogP contribution in [0.25, 0.3) is 0 Å². The van der Waals surface area contributed by atoms with E-state index in [2.05, 4.69) is 5.32 Å². The van der Waals surface area contributed by atoms with Gasteiger partial charge in [0.05, 0.1) is 18.9 Å². The molecule has 1 aromatic rings. The molecular formula is C13H15ClN2O2. The van der Waals surface area contributed by atoms with E-state index in [1.54, 1.807) is 19.1 Å². The van der Waals surface area contributed by atoms with E-state index < -0.39 is 5.92 Å². The summed E-state index contributed by atoms with van der Waals surface area (Å²) in [5.41, 5.74) is 1.36. The summed E-state index contributed by atoms with van der Waals surface area (Å²) in [6, 6.07) is 5.32. The van der Waals surface area contributed by atoms with E-state index in [1.165, 1.54) is 7.11 Å². The van der Waals surface area contributed by atoms with Crippen LogP contribution >= 0.6 is 11.6 Å². The molecule has 0 aliphatic carbocycles. The molecule has 4 nitrogen and oxygen atoms in total. The number of hydrogen-bond donors (Lipinski definition) is 1. The van der Waals surface area contributed by atoms with Crippen LogP contribution < -0.4 is 10.1 Å². The topological polar surface area (TPSA) is 62.1 Å². The van der Waals surface area contributed by atoms with Crippen molar-refractivity contribution in [3.8, 4) is 11.8 Å². The van der Waals surface area contributed by atoms with Gasteiger partial charge in [-0.05, 0) is 25.0 Å². The number of ether oxygens (including phenoxy) is 1. The zero-order chi connectivity index (χ0) is 13.7. The summed E-state index contributed by atoms with van der Waals surface area (Å²) < 4.78 is 5.15.